The molecule has 0 aromatic rings. The van der Waals surface area contributed by atoms with E-state index in [1.54, 1.807) is 0 Å². The zero-order valence-electron chi connectivity index (χ0n) is 9.11. The third-order valence-corrected chi connectivity index (χ3v) is 4.69. The summed E-state index contributed by atoms with van der Waals surface area (Å²) in [7, 11) is 0. The van der Waals surface area contributed by atoms with Crippen molar-refractivity contribution < 1.29 is 9.90 Å². The van der Waals surface area contributed by atoms with E-state index in [0.29, 0.717) is 5.92 Å². The fourth-order valence-electron chi connectivity index (χ4n) is 3.41. The minimum Gasteiger partial charge on any atom is -0.480 e. The monoisotopic (exact) mass is 209 g/mol. The van der Waals surface area contributed by atoms with Crippen molar-refractivity contribution >= 4 is 5.97 Å². The van der Waals surface area contributed by atoms with Gasteiger partial charge in [-0.15, -0.1) is 0 Å². The molecular weight excluding hydrogens is 190 g/mol. The fourth-order valence-corrected chi connectivity index (χ4v) is 3.41. The number of hydrogen-bond acceptors (Lipinski definition) is 2. The number of rotatable bonds is 3. The standard InChI is InChI=1S/C12H19NO2/c14-11(15)12-7-10(12)5-2-6-13(12)8-9-3-1-4-9/h9-10H,1-8H2,(H,14,15)/t10-,12+/m1/s1. The fraction of sp³-hybridized carbons (Fsp3) is 0.917. The number of carboxylic acids is 1. The summed E-state index contributed by atoms with van der Waals surface area (Å²) in [6.07, 6.45) is 7.23. The van der Waals surface area contributed by atoms with Crippen molar-refractivity contribution in [2.75, 3.05) is 13.1 Å². The Morgan fingerprint density at radius 2 is 2.13 bits per heavy atom. The van der Waals surface area contributed by atoms with Crippen LogP contribution in [-0.2, 0) is 4.79 Å². The van der Waals surface area contributed by atoms with Crippen molar-refractivity contribution in [3.8, 4) is 0 Å². The summed E-state index contributed by atoms with van der Waals surface area (Å²) >= 11 is 0. The van der Waals surface area contributed by atoms with E-state index in [1.807, 2.05) is 0 Å². The highest BCUT2D eigenvalue weighted by molar-refractivity contribution is 5.83. The van der Waals surface area contributed by atoms with Gasteiger partial charge in [-0.2, -0.15) is 0 Å². The van der Waals surface area contributed by atoms with Crippen LogP contribution in [0.1, 0.15) is 38.5 Å². The van der Waals surface area contributed by atoms with Crippen LogP contribution in [0.15, 0.2) is 0 Å². The molecule has 3 nitrogen and oxygen atoms in total. The second kappa shape index (κ2) is 3.21. The lowest BCUT2D eigenvalue weighted by Crippen LogP contribution is -2.50. The summed E-state index contributed by atoms with van der Waals surface area (Å²) in [6.45, 7) is 2.06. The number of hydrogen-bond donors (Lipinski definition) is 1. The third-order valence-electron chi connectivity index (χ3n) is 4.69. The second-order valence-electron chi connectivity index (χ2n) is 5.52. The van der Waals surface area contributed by atoms with E-state index in [-0.39, 0.29) is 0 Å². The Bertz CT molecular complexity index is 287. The predicted octanol–water partition coefficient (Wildman–Crippen LogP) is 1.73. The number of fused-ring (bicyclic) bond motifs is 1. The lowest BCUT2D eigenvalue weighted by atomic mass is 9.84. The van der Waals surface area contributed by atoms with Crippen LogP contribution in [0.2, 0.25) is 0 Å². The summed E-state index contributed by atoms with van der Waals surface area (Å²) in [4.78, 5) is 13.7. The topological polar surface area (TPSA) is 40.5 Å². The van der Waals surface area contributed by atoms with Crippen molar-refractivity contribution in [2.45, 2.75) is 44.1 Å². The molecule has 3 fully saturated rings. The number of likely N-dealkylation sites (tertiary alicyclic amines) is 1. The quantitative estimate of drug-likeness (QED) is 0.769. The molecule has 0 unspecified atom stereocenters. The van der Waals surface area contributed by atoms with Gasteiger partial charge in [0, 0.05) is 6.54 Å². The molecule has 0 spiro atoms. The number of nitrogens with zero attached hydrogens (tertiary/aromatic N) is 1. The van der Waals surface area contributed by atoms with Crippen LogP contribution in [0.3, 0.4) is 0 Å². The van der Waals surface area contributed by atoms with Crippen molar-refractivity contribution in [1.82, 2.24) is 4.90 Å². The Balaban J connectivity index is 1.71. The maximum absolute atomic E-state index is 11.4. The van der Waals surface area contributed by atoms with Gasteiger partial charge in [0.1, 0.15) is 5.54 Å². The number of aliphatic carboxylic acids is 1. The SMILES string of the molecule is O=C(O)[C@]12C[C@H]1CCCN2CC1CCC1. The molecule has 0 bridgehead atoms. The van der Waals surface area contributed by atoms with Crippen LogP contribution in [0.25, 0.3) is 0 Å². The number of piperidine rings is 1. The average Bonchev–Trinajstić information content (AvgIpc) is 2.86. The average molecular weight is 209 g/mol. The van der Waals surface area contributed by atoms with Gasteiger partial charge in [0.2, 0.25) is 0 Å². The van der Waals surface area contributed by atoms with Gasteiger partial charge in [-0.1, -0.05) is 6.42 Å². The molecule has 1 aliphatic heterocycles. The minimum atomic E-state index is -0.563. The Kier molecular flexibility index (Phi) is 2.06. The first-order valence-corrected chi connectivity index (χ1v) is 6.22. The maximum Gasteiger partial charge on any atom is 0.324 e. The predicted molar refractivity (Wildman–Crippen MR) is 56.6 cm³/mol. The first kappa shape index (κ1) is 9.64. The van der Waals surface area contributed by atoms with Crippen LogP contribution in [0, 0.1) is 11.8 Å². The summed E-state index contributed by atoms with van der Waals surface area (Å²) in [5.41, 5.74) is -0.423. The van der Waals surface area contributed by atoms with Crippen molar-refractivity contribution in [3.05, 3.63) is 0 Å². The van der Waals surface area contributed by atoms with Gasteiger partial charge >= 0.3 is 5.97 Å². The van der Waals surface area contributed by atoms with E-state index < -0.39 is 11.5 Å². The lowest BCUT2D eigenvalue weighted by molar-refractivity contribution is -0.147. The van der Waals surface area contributed by atoms with Gasteiger partial charge in [0.25, 0.3) is 0 Å². The highest BCUT2D eigenvalue weighted by Crippen LogP contribution is 2.54. The van der Waals surface area contributed by atoms with Gasteiger partial charge in [0.05, 0.1) is 0 Å². The van der Waals surface area contributed by atoms with Crippen LogP contribution in [-0.4, -0.2) is 34.6 Å². The maximum atomic E-state index is 11.4. The minimum absolute atomic E-state index is 0.423. The van der Waals surface area contributed by atoms with Crippen LogP contribution in [0.4, 0.5) is 0 Å². The summed E-state index contributed by atoms with van der Waals surface area (Å²) in [5, 5.41) is 9.37. The normalized spacial score (nSPS) is 40.7. The first-order chi connectivity index (χ1) is 7.23. The second-order valence-corrected chi connectivity index (χ2v) is 5.52. The summed E-state index contributed by atoms with van der Waals surface area (Å²) in [5.74, 6) is 0.691. The zero-order valence-corrected chi connectivity index (χ0v) is 9.11. The molecule has 15 heavy (non-hydrogen) atoms. The number of carboxylic acid groups (broad SMARTS) is 1. The van der Waals surface area contributed by atoms with Crippen molar-refractivity contribution in [2.24, 2.45) is 11.8 Å². The van der Waals surface area contributed by atoms with Crippen molar-refractivity contribution in [3.63, 3.8) is 0 Å². The highest BCUT2D eigenvalue weighted by Gasteiger charge is 2.65. The third kappa shape index (κ3) is 1.32. The smallest absolute Gasteiger partial charge is 0.324 e. The molecule has 3 heteroatoms. The van der Waals surface area contributed by atoms with E-state index in [9.17, 15) is 9.90 Å². The lowest BCUT2D eigenvalue weighted by Gasteiger charge is -2.38. The summed E-state index contributed by atoms with van der Waals surface area (Å²) < 4.78 is 0. The van der Waals surface area contributed by atoms with Crippen molar-refractivity contribution in [1.29, 1.82) is 0 Å². The molecule has 1 heterocycles. The van der Waals surface area contributed by atoms with Gasteiger partial charge < -0.3 is 5.11 Å². The van der Waals surface area contributed by atoms with E-state index in [4.69, 9.17) is 0 Å². The molecule has 2 aliphatic carbocycles. The molecule has 1 saturated heterocycles. The Morgan fingerprint density at radius 3 is 2.73 bits per heavy atom. The summed E-state index contributed by atoms with van der Waals surface area (Å²) in [6, 6.07) is 0. The molecule has 2 atom stereocenters. The Morgan fingerprint density at radius 1 is 1.33 bits per heavy atom. The zero-order chi connectivity index (χ0) is 10.5. The molecule has 1 N–H and O–H groups in total. The molecule has 0 radical (unpaired) electrons. The first-order valence-electron chi connectivity index (χ1n) is 6.22. The molecule has 84 valence electrons. The van der Waals surface area contributed by atoms with Crippen LogP contribution < -0.4 is 0 Å². The van der Waals surface area contributed by atoms with Gasteiger partial charge in [0.15, 0.2) is 0 Å². The van der Waals surface area contributed by atoms with E-state index in [1.165, 1.54) is 25.7 Å². The number of carbonyl (C=O) groups is 1. The molecular formula is C12H19NO2. The molecule has 0 aromatic heterocycles. The molecule has 3 aliphatic rings. The largest absolute Gasteiger partial charge is 0.480 e. The highest BCUT2D eigenvalue weighted by atomic mass is 16.4. The molecule has 0 aromatic carbocycles. The van der Waals surface area contributed by atoms with Gasteiger partial charge in [-0.25, -0.2) is 0 Å². The van der Waals surface area contributed by atoms with Gasteiger partial charge in [-0.3, -0.25) is 9.69 Å². The molecule has 0 amide bonds. The van der Waals surface area contributed by atoms with Gasteiger partial charge in [-0.05, 0) is 50.5 Å². The van der Waals surface area contributed by atoms with E-state index in [0.717, 1.165) is 31.8 Å². The molecule has 2 saturated carbocycles. The molecule has 3 rings (SSSR count). The van der Waals surface area contributed by atoms with Crippen LogP contribution in [0.5, 0.6) is 0 Å². The van der Waals surface area contributed by atoms with E-state index >= 15 is 0 Å². The Hall–Kier alpha value is -0.570. The van der Waals surface area contributed by atoms with Crippen LogP contribution >= 0.6 is 0 Å². The van der Waals surface area contributed by atoms with E-state index in [2.05, 4.69) is 4.90 Å². The Labute approximate surface area is 90.5 Å².